The van der Waals surface area contributed by atoms with Crippen LogP contribution in [0.4, 0.5) is 5.82 Å². The first-order valence-electron chi connectivity index (χ1n) is 8.38. The zero-order chi connectivity index (χ0) is 16.0. The van der Waals surface area contributed by atoms with Crippen LogP contribution < -0.4 is 4.90 Å². The molecule has 1 saturated heterocycles. The van der Waals surface area contributed by atoms with Gasteiger partial charge in [-0.05, 0) is 43.7 Å². The highest BCUT2D eigenvalue weighted by molar-refractivity contribution is 9.09. The van der Waals surface area contributed by atoms with Crippen LogP contribution in [0.25, 0.3) is 0 Å². The fourth-order valence-electron chi connectivity index (χ4n) is 4.52. The average molecular weight is 399 g/mol. The van der Waals surface area contributed by atoms with Crippen LogP contribution >= 0.6 is 27.5 Å². The van der Waals surface area contributed by atoms with Crippen LogP contribution in [0.5, 0.6) is 0 Å². The van der Waals surface area contributed by atoms with Crippen LogP contribution in [0, 0.1) is 11.3 Å². The van der Waals surface area contributed by atoms with Crippen molar-refractivity contribution in [3.8, 4) is 0 Å². The van der Waals surface area contributed by atoms with Gasteiger partial charge in [0.25, 0.3) is 0 Å². The number of piperazine rings is 1. The topological polar surface area (TPSA) is 36.4 Å². The summed E-state index contributed by atoms with van der Waals surface area (Å²) in [7, 11) is 0. The van der Waals surface area contributed by atoms with Crippen LogP contribution in [0.2, 0.25) is 5.02 Å². The molecular weight excluding hydrogens is 378 g/mol. The summed E-state index contributed by atoms with van der Waals surface area (Å²) in [6.45, 7) is 3.25. The fourth-order valence-corrected chi connectivity index (χ4v) is 5.77. The highest BCUT2D eigenvalue weighted by Crippen LogP contribution is 2.57. The molecule has 1 amide bonds. The van der Waals surface area contributed by atoms with Gasteiger partial charge in [-0.1, -0.05) is 27.5 Å². The maximum absolute atomic E-state index is 13.1. The number of nitrogens with zero attached hydrogens (tertiary/aromatic N) is 3. The second-order valence-corrected chi connectivity index (χ2v) is 8.62. The summed E-state index contributed by atoms with van der Waals surface area (Å²) in [6, 6.07) is 3.82. The monoisotopic (exact) mass is 397 g/mol. The molecule has 0 aromatic carbocycles. The molecule has 0 unspecified atom stereocenters. The van der Waals surface area contributed by atoms with Gasteiger partial charge in [0.2, 0.25) is 5.91 Å². The molecule has 0 radical (unpaired) electrons. The number of carbonyl (C=O) groups excluding carboxylic acids is 1. The third kappa shape index (κ3) is 2.66. The van der Waals surface area contributed by atoms with Gasteiger partial charge in [-0.3, -0.25) is 4.79 Å². The Kier molecular flexibility index (Phi) is 4.04. The van der Waals surface area contributed by atoms with Gasteiger partial charge in [0.05, 0.1) is 10.4 Å². The molecule has 23 heavy (non-hydrogen) atoms. The Morgan fingerprint density at radius 3 is 2.65 bits per heavy atom. The van der Waals surface area contributed by atoms with Gasteiger partial charge in [-0.25, -0.2) is 4.98 Å². The normalized spacial score (nSPS) is 33.3. The summed E-state index contributed by atoms with van der Waals surface area (Å²) in [5.74, 6) is 2.07. The van der Waals surface area contributed by atoms with Gasteiger partial charge in [0.1, 0.15) is 5.82 Å². The zero-order valence-corrected chi connectivity index (χ0v) is 15.4. The van der Waals surface area contributed by atoms with E-state index < -0.39 is 0 Å². The first kappa shape index (κ1) is 15.7. The average Bonchev–Trinajstić information content (AvgIpc) is 3.13. The zero-order valence-electron chi connectivity index (χ0n) is 13.0. The number of hydrogen-bond donors (Lipinski definition) is 0. The molecule has 3 atom stereocenters. The second-order valence-electron chi connectivity index (χ2n) is 7.08. The summed E-state index contributed by atoms with van der Waals surface area (Å²) in [5.41, 5.74) is -0.120. The fraction of sp³-hybridized carbons (Fsp3) is 0.647. The van der Waals surface area contributed by atoms with E-state index in [1.54, 1.807) is 6.20 Å². The number of fused-ring (bicyclic) bond motifs is 2. The Hall–Kier alpha value is -0.810. The second kappa shape index (κ2) is 5.92. The van der Waals surface area contributed by atoms with E-state index in [9.17, 15) is 4.79 Å². The number of halogens is 2. The third-order valence-corrected chi connectivity index (χ3v) is 7.29. The Morgan fingerprint density at radius 2 is 2.09 bits per heavy atom. The van der Waals surface area contributed by atoms with Crippen molar-refractivity contribution < 1.29 is 4.79 Å². The van der Waals surface area contributed by atoms with Gasteiger partial charge < -0.3 is 9.80 Å². The molecule has 1 aromatic rings. The molecule has 124 valence electrons. The van der Waals surface area contributed by atoms with Crippen molar-refractivity contribution in [1.29, 1.82) is 0 Å². The third-order valence-electron chi connectivity index (χ3n) is 5.82. The molecule has 0 N–H and O–H groups in total. The van der Waals surface area contributed by atoms with E-state index in [4.69, 9.17) is 11.6 Å². The first-order chi connectivity index (χ1) is 11.1. The van der Waals surface area contributed by atoms with Crippen molar-refractivity contribution in [2.45, 2.75) is 30.5 Å². The SMILES string of the molecule is O=C(N1CCN(c2ccc(Cl)cn2)CC1)[C@]12CC[C@H](C[C@@H]1Br)C2. The Balaban J connectivity index is 1.41. The standard InChI is InChI=1S/C17H21BrClN3O/c18-14-9-12-3-4-17(14,10-12)16(23)22-7-5-21(6-8-22)15-2-1-13(19)11-20-15/h1-2,11-12,14H,3-10H2/t12-,14+,17+/m1/s1. The van der Waals surface area contributed by atoms with Gasteiger partial charge in [-0.15, -0.1) is 0 Å². The molecular formula is C17H21BrClN3O. The van der Waals surface area contributed by atoms with E-state index in [2.05, 4.69) is 30.7 Å². The number of anilines is 1. The molecule has 1 aliphatic heterocycles. The molecule has 4 nitrogen and oxygen atoms in total. The molecule has 1 aromatic heterocycles. The van der Waals surface area contributed by atoms with Crippen molar-refractivity contribution in [2.75, 3.05) is 31.1 Å². The van der Waals surface area contributed by atoms with Crippen LogP contribution in [0.15, 0.2) is 18.3 Å². The van der Waals surface area contributed by atoms with Crippen LogP contribution in [-0.2, 0) is 4.79 Å². The first-order valence-corrected chi connectivity index (χ1v) is 9.68. The molecule has 4 rings (SSSR count). The van der Waals surface area contributed by atoms with Crippen LogP contribution in [0.1, 0.15) is 25.7 Å². The Bertz CT molecular complexity index is 602. The minimum atomic E-state index is -0.120. The molecule has 2 bridgehead atoms. The van der Waals surface area contributed by atoms with Gasteiger partial charge in [0.15, 0.2) is 0 Å². The van der Waals surface area contributed by atoms with Crippen molar-refractivity contribution in [1.82, 2.24) is 9.88 Å². The van der Waals surface area contributed by atoms with Gasteiger partial charge in [0, 0.05) is 37.2 Å². The summed E-state index contributed by atoms with van der Waals surface area (Å²) >= 11 is 9.69. The van der Waals surface area contributed by atoms with E-state index in [0.717, 1.165) is 50.8 Å². The lowest BCUT2D eigenvalue weighted by atomic mass is 9.82. The number of hydrogen-bond acceptors (Lipinski definition) is 3. The number of rotatable bonds is 2. The van der Waals surface area contributed by atoms with Crippen molar-refractivity contribution >= 4 is 39.3 Å². The van der Waals surface area contributed by atoms with E-state index in [1.165, 1.54) is 12.8 Å². The van der Waals surface area contributed by atoms with Crippen molar-refractivity contribution in [3.05, 3.63) is 23.4 Å². The minimum absolute atomic E-state index is 0.120. The van der Waals surface area contributed by atoms with Crippen LogP contribution in [-0.4, -0.2) is 46.8 Å². The molecule has 3 aliphatic rings. The maximum Gasteiger partial charge on any atom is 0.230 e. The smallest absolute Gasteiger partial charge is 0.230 e. The molecule has 2 heterocycles. The molecule has 2 aliphatic carbocycles. The highest BCUT2D eigenvalue weighted by Gasteiger charge is 2.57. The predicted molar refractivity (Wildman–Crippen MR) is 95.1 cm³/mol. The summed E-state index contributed by atoms with van der Waals surface area (Å²) < 4.78 is 0. The number of alkyl halides is 1. The highest BCUT2D eigenvalue weighted by atomic mass is 79.9. The maximum atomic E-state index is 13.1. The minimum Gasteiger partial charge on any atom is -0.353 e. The quantitative estimate of drug-likeness (QED) is 0.717. The largest absolute Gasteiger partial charge is 0.353 e. The summed E-state index contributed by atoms with van der Waals surface area (Å²) in [6.07, 6.45) is 6.22. The number of carbonyl (C=O) groups is 1. The van der Waals surface area contributed by atoms with Gasteiger partial charge >= 0.3 is 0 Å². The summed E-state index contributed by atoms with van der Waals surface area (Å²) in [4.78, 5) is 22.2. The lowest BCUT2D eigenvalue weighted by Gasteiger charge is -2.41. The van der Waals surface area contributed by atoms with E-state index in [-0.39, 0.29) is 5.41 Å². The van der Waals surface area contributed by atoms with E-state index in [1.807, 2.05) is 12.1 Å². The Labute approximate surface area is 150 Å². The lowest BCUT2D eigenvalue weighted by Crippen LogP contribution is -2.54. The predicted octanol–water partition coefficient (Wildman–Crippen LogP) is 3.34. The van der Waals surface area contributed by atoms with Gasteiger partial charge in [-0.2, -0.15) is 0 Å². The van der Waals surface area contributed by atoms with Crippen molar-refractivity contribution in [2.24, 2.45) is 11.3 Å². The number of aromatic nitrogens is 1. The van der Waals surface area contributed by atoms with E-state index in [0.29, 0.717) is 15.8 Å². The molecule has 3 fully saturated rings. The Morgan fingerprint density at radius 1 is 1.30 bits per heavy atom. The van der Waals surface area contributed by atoms with Crippen molar-refractivity contribution in [3.63, 3.8) is 0 Å². The van der Waals surface area contributed by atoms with Crippen LogP contribution in [0.3, 0.4) is 0 Å². The number of amides is 1. The molecule has 2 saturated carbocycles. The lowest BCUT2D eigenvalue weighted by molar-refractivity contribution is -0.141. The molecule has 0 spiro atoms. The number of pyridine rings is 1. The molecule has 6 heteroatoms. The van der Waals surface area contributed by atoms with E-state index >= 15 is 0 Å². The summed E-state index contributed by atoms with van der Waals surface area (Å²) in [5, 5.41) is 0.655.